The van der Waals surface area contributed by atoms with Gasteiger partial charge < -0.3 is 10.2 Å². The molecule has 3 N–H and O–H groups in total. The molecule has 0 aliphatic rings. The Morgan fingerprint density at radius 1 is 1.26 bits per heavy atom. The van der Waals surface area contributed by atoms with Crippen LogP contribution in [0.15, 0.2) is 42.6 Å². The maximum atomic E-state index is 8.59. The predicted molar refractivity (Wildman–Crippen MR) is 72.1 cm³/mol. The van der Waals surface area contributed by atoms with E-state index in [0.29, 0.717) is 18.8 Å². The number of hydrogen-bond donors (Lipinski definition) is 2. The minimum Gasteiger partial charge on any atom is -0.489 e. The van der Waals surface area contributed by atoms with Gasteiger partial charge in [0.05, 0.1) is 12.5 Å². The van der Waals surface area contributed by atoms with Gasteiger partial charge in [-0.1, -0.05) is 18.2 Å². The van der Waals surface area contributed by atoms with Crippen LogP contribution in [-0.4, -0.2) is 4.98 Å². The Balaban J connectivity index is 2.00. The lowest BCUT2D eigenvalue weighted by Crippen LogP contribution is -2.12. The Labute approximate surface area is 111 Å². The molecule has 1 heterocycles. The number of aromatic nitrogens is 1. The molecule has 0 unspecified atom stereocenters. The maximum absolute atomic E-state index is 8.59. The van der Waals surface area contributed by atoms with Crippen molar-refractivity contribution in [2.75, 3.05) is 5.43 Å². The number of pyridine rings is 1. The highest BCUT2D eigenvalue weighted by Gasteiger charge is 2.02. The van der Waals surface area contributed by atoms with E-state index in [0.717, 1.165) is 16.9 Å². The van der Waals surface area contributed by atoms with Gasteiger partial charge in [-0.3, -0.25) is 0 Å². The number of anilines is 1. The number of nitrogens with zero attached hydrogens (tertiary/aromatic N) is 2. The second kappa shape index (κ2) is 6.38. The quantitative estimate of drug-likeness (QED) is 0.630. The number of hydrogen-bond acceptors (Lipinski definition) is 5. The van der Waals surface area contributed by atoms with Gasteiger partial charge in [0.25, 0.3) is 0 Å². The average Bonchev–Trinajstić information content (AvgIpc) is 2.47. The fourth-order valence-corrected chi connectivity index (χ4v) is 1.64. The minimum atomic E-state index is 0.380. The van der Waals surface area contributed by atoms with Crippen molar-refractivity contribution in [3.05, 3.63) is 53.7 Å². The highest BCUT2D eigenvalue weighted by molar-refractivity contribution is 5.42. The van der Waals surface area contributed by atoms with Crippen molar-refractivity contribution < 1.29 is 4.74 Å². The Hall–Kier alpha value is -2.58. The molecule has 0 saturated heterocycles. The van der Waals surface area contributed by atoms with E-state index in [9.17, 15) is 0 Å². The van der Waals surface area contributed by atoms with Crippen LogP contribution in [0.2, 0.25) is 0 Å². The van der Waals surface area contributed by atoms with Crippen LogP contribution in [0, 0.1) is 11.3 Å². The maximum Gasteiger partial charge on any atom is 0.146 e. The van der Waals surface area contributed by atoms with Gasteiger partial charge >= 0.3 is 0 Å². The van der Waals surface area contributed by atoms with Crippen LogP contribution in [0.1, 0.15) is 11.1 Å². The monoisotopic (exact) mass is 254 g/mol. The Bertz CT molecular complexity index is 575. The van der Waals surface area contributed by atoms with Gasteiger partial charge in [0.1, 0.15) is 18.2 Å². The Morgan fingerprint density at radius 3 is 2.74 bits per heavy atom. The lowest BCUT2D eigenvalue weighted by Gasteiger charge is -2.09. The SMILES string of the molecule is N#CCc1ccc(OCc2cccnc2NN)cc1. The number of rotatable bonds is 5. The summed E-state index contributed by atoms with van der Waals surface area (Å²) in [5.41, 5.74) is 4.38. The summed E-state index contributed by atoms with van der Waals surface area (Å²) in [6.07, 6.45) is 2.07. The Morgan fingerprint density at radius 2 is 2.05 bits per heavy atom. The van der Waals surface area contributed by atoms with Crippen molar-refractivity contribution in [3.8, 4) is 11.8 Å². The highest BCUT2D eigenvalue weighted by Crippen LogP contribution is 2.16. The molecule has 0 spiro atoms. The number of hydrazine groups is 1. The van der Waals surface area contributed by atoms with Crippen molar-refractivity contribution in [2.45, 2.75) is 13.0 Å². The number of nitrogen functional groups attached to an aromatic ring is 1. The zero-order chi connectivity index (χ0) is 13.5. The number of ether oxygens (including phenoxy) is 1. The van der Waals surface area contributed by atoms with Crippen molar-refractivity contribution >= 4 is 5.82 Å². The highest BCUT2D eigenvalue weighted by atomic mass is 16.5. The minimum absolute atomic E-state index is 0.380. The third kappa shape index (κ3) is 3.44. The van der Waals surface area contributed by atoms with Crippen molar-refractivity contribution in [2.24, 2.45) is 5.84 Å². The van der Waals surface area contributed by atoms with Crippen LogP contribution in [0.5, 0.6) is 5.75 Å². The van der Waals surface area contributed by atoms with Gasteiger partial charge in [0.2, 0.25) is 0 Å². The van der Waals surface area contributed by atoms with Gasteiger partial charge in [-0.25, -0.2) is 10.8 Å². The van der Waals surface area contributed by atoms with Crippen molar-refractivity contribution in [1.82, 2.24) is 4.98 Å². The summed E-state index contributed by atoms with van der Waals surface area (Å²) in [6, 6.07) is 13.3. The summed E-state index contributed by atoms with van der Waals surface area (Å²) >= 11 is 0. The summed E-state index contributed by atoms with van der Waals surface area (Å²) in [6.45, 7) is 0.380. The van der Waals surface area contributed by atoms with E-state index in [1.165, 1.54) is 0 Å². The molecule has 1 aromatic heterocycles. The molecule has 96 valence electrons. The molecule has 2 aromatic rings. The first kappa shape index (κ1) is 12.9. The topological polar surface area (TPSA) is 84.0 Å². The number of nitrogens with two attached hydrogens (primary N) is 1. The summed E-state index contributed by atoms with van der Waals surface area (Å²) in [7, 11) is 0. The fraction of sp³-hybridized carbons (Fsp3) is 0.143. The molecule has 0 radical (unpaired) electrons. The molecular formula is C14H14N4O. The van der Waals surface area contributed by atoms with Gasteiger partial charge in [-0.2, -0.15) is 5.26 Å². The molecule has 0 atom stereocenters. The van der Waals surface area contributed by atoms with E-state index in [-0.39, 0.29) is 0 Å². The first-order valence-electron chi connectivity index (χ1n) is 5.82. The summed E-state index contributed by atoms with van der Waals surface area (Å²) in [5.74, 6) is 6.72. The van der Waals surface area contributed by atoms with Gasteiger partial charge in [0, 0.05) is 11.8 Å². The van der Waals surface area contributed by atoms with E-state index in [2.05, 4.69) is 16.5 Å². The van der Waals surface area contributed by atoms with E-state index in [1.807, 2.05) is 36.4 Å². The van der Waals surface area contributed by atoms with E-state index < -0.39 is 0 Å². The molecule has 5 heteroatoms. The molecule has 5 nitrogen and oxygen atoms in total. The third-order valence-electron chi connectivity index (χ3n) is 2.63. The van der Waals surface area contributed by atoms with E-state index in [1.54, 1.807) is 6.20 Å². The summed E-state index contributed by atoms with van der Waals surface area (Å²) in [4.78, 5) is 4.10. The third-order valence-corrected chi connectivity index (χ3v) is 2.63. The van der Waals surface area contributed by atoms with Gasteiger partial charge in [-0.05, 0) is 23.8 Å². The first-order chi connectivity index (χ1) is 9.33. The molecule has 19 heavy (non-hydrogen) atoms. The lowest BCUT2D eigenvalue weighted by molar-refractivity contribution is 0.306. The number of nitrogens with one attached hydrogen (secondary N) is 1. The van der Waals surface area contributed by atoms with Crippen LogP contribution in [-0.2, 0) is 13.0 Å². The van der Waals surface area contributed by atoms with Gasteiger partial charge in [0.15, 0.2) is 0 Å². The zero-order valence-electron chi connectivity index (χ0n) is 10.3. The summed E-state index contributed by atoms with van der Waals surface area (Å²) in [5, 5.41) is 8.59. The smallest absolute Gasteiger partial charge is 0.146 e. The second-order valence-corrected chi connectivity index (χ2v) is 3.92. The van der Waals surface area contributed by atoms with Crippen LogP contribution in [0.3, 0.4) is 0 Å². The molecular weight excluding hydrogens is 240 g/mol. The van der Waals surface area contributed by atoms with Crippen LogP contribution in [0.4, 0.5) is 5.82 Å². The molecule has 0 fully saturated rings. The lowest BCUT2D eigenvalue weighted by atomic mass is 10.2. The van der Waals surface area contributed by atoms with E-state index >= 15 is 0 Å². The number of benzene rings is 1. The normalized spacial score (nSPS) is 9.68. The summed E-state index contributed by atoms with van der Waals surface area (Å²) < 4.78 is 5.65. The number of nitriles is 1. The van der Waals surface area contributed by atoms with Crippen LogP contribution >= 0.6 is 0 Å². The van der Waals surface area contributed by atoms with Crippen LogP contribution in [0.25, 0.3) is 0 Å². The van der Waals surface area contributed by atoms with Crippen molar-refractivity contribution in [3.63, 3.8) is 0 Å². The molecule has 0 amide bonds. The van der Waals surface area contributed by atoms with Gasteiger partial charge in [-0.15, -0.1) is 0 Å². The molecule has 0 bridgehead atoms. The second-order valence-electron chi connectivity index (χ2n) is 3.92. The molecule has 0 saturated carbocycles. The fourth-order valence-electron chi connectivity index (χ4n) is 1.64. The van der Waals surface area contributed by atoms with E-state index in [4.69, 9.17) is 15.8 Å². The largest absolute Gasteiger partial charge is 0.489 e. The molecule has 1 aromatic carbocycles. The molecule has 0 aliphatic carbocycles. The van der Waals surface area contributed by atoms with Crippen LogP contribution < -0.4 is 16.0 Å². The Kier molecular flexibility index (Phi) is 4.32. The predicted octanol–water partition coefficient (Wildman–Crippen LogP) is 2.01. The average molecular weight is 254 g/mol. The zero-order valence-corrected chi connectivity index (χ0v) is 10.3. The first-order valence-corrected chi connectivity index (χ1v) is 5.82. The molecule has 2 rings (SSSR count). The van der Waals surface area contributed by atoms with Crippen molar-refractivity contribution in [1.29, 1.82) is 5.26 Å². The standard InChI is InChI=1S/C14H14N4O/c15-8-7-11-3-5-13(6-4-11)19-10-12-2-1-9-17-14(12)18-16/h1-6,9H,7,10,16H2,(H,17,18). The molecule has 0 aliphatic heterocycles.